The number of amides is 1. The summed E-state index contributed by atoms with van der Waals surface area (Å²) in [6.07, 6.45) is 5.63. The number of nitrogens with zero attached hydrogens (tertiary/aromatic N) is 2. The van der Waals surface area contributed by atoms with Gasteiger partial charge in [-0.3, -0.25) is 9.78 Å². The first-order valence-corrected chi connectivity index (χ1v) is 5.94. The molecule has 1 unspecified atom stereocenters. The fraction of sp³-hybridized carbons (Fsp3) is 0.500. The highest BCUT2D eigenvalue weighted by molar-refractivity contribution is 7.99. The number of rotatable bonds is 6. The van der Waals surface area contributed by atoms with E-state index in [4.69, 9.17) is 5.73 Å². The maximum Gasteiger partial charge on any atom is 0.237 e. The number of hydrogen-bond acceptors (Lipinski definition) is 5. The van der Waals surface area contributed by atoms with Crippen molar-refractivity contribution >= 4 is 17.7 Å². The number of hydrogen-bond donors (Lipinski definition) is 2. The molecule has 1 aromatic heterocycles. The van der Waals surface area contributed by atoms with E-state index >= 15 is 0 Å². The average molecular weight is 240 g/mol. The van der Waals surface area contributed by atoms with E-state index < -0.39 is 5.54 Å². The Kier molecular flexibility index (Phi) is 4.70. The lowest BCUT2D eigenvalue weighted by Gasteiger charge is -2.24. The minimum atomic E-state index is -0.658. The molecule has 1 rings (SSSR count). The molecule has 1 aromatic rings. The summed E-state index contributed by atoms with van der Waals surface area (Å²) in [5.41, 5.74) is 4.66. The minimum Gasteiger partial charge on any atom is -0.368 e. The molecule has 0 aliphatic heterocycles. The topological polar surface area (TPSA) is 80.9 Å². The standard InChI is InChI=1S/C10H16N4OS/c1-10(12-2,9(11)15)3-6-16-8-7-13-4-5-14-8/h4-5,7,12H,3,6H2,1-2H3,(H2,11,15). The predicted octanol–water partition coefficient (Wildman–Crippen LogP) is 0.422. The van der Waals surface area contributed by atoms with Crippen molar-refractivity contribution in [3.8, 4) is 0 Å². The summed E-state index contributed by atoms with van der Waals surface area (Å²) in [4.78, 5) is 19.3. The van der Waals surface area contributed by atoms with Crippen molar-refractivity contribution in [2.24, 2.45) is 5.73 Å². The molecule has 0 saturated carbocycles. The van der Waals surface area contributed by atoms with Gasteiger partial charge in [0.2, 0.25) is 5.91 Å². The zero-order valence-electron chi connectivity index (χ0n) is 9.43. The monoisotopic (exact) mass is 240 g/mol. The van der Waals surface area contributed by atoms with Crippen LogP contribution in [-0.4, -0.2) is 34.2 Å². The lowest BCUT2D eigenvalue weighted by atomic mass is 9.99. The van der Waals surface area contributed by atoms with Gasteiger partial charge in [0.05, 0.1) is 11.7 Å². The molecule has 1 heterocycles. The van der Waals surface area contributed by atoms with Crippen LogP contribution in [-0.2, 0) is 4.79 Å². The maximum atomic E-state index is 11.2. The molecular weight excluding hydrogens is 224 g/mol. The number of nitrogens with one attached hydrogen (secondary N) is 1. The predicted molar refractivity (Wildman–Crippen MR) is 64.0 cm³/mol. The first-order chi connectivity index (χ1) is 7.58. The van der Waals surface area contributed by atoms with Gasteiger partial charge in [-0.1, -0.05) is 0 Å². The van der Waals surface area contributed by atoms with Crippen LogP contribution in [0.3, 0.4) is 0 Å². The molecule has 0 bridgehead atoms. The van der Waals surface area contributed by atoms with Crippen molar-refractivity contribution < 1.29 is 4.79 Å². The van der Waals surface area contributed by atoms with Gasteiger partial charge in [0.1, 0.15) is 5.03 Å². The van der Waals surface area contributed by atoms with Crippen LogP contribution in [0.2, 0.25) is 0 Å². The summed E-state index contributed by atoms with van der Waals surface area (Å²) in [5, 5.41) is 3.79. The van der Waals surface area contributed by atoms with Crippen molar-refractivity contribution in [2.75, 3.05) is 12.8 Å². The Morgan fingerprint density at radius 1 is 1.62 bits per heavy atom. The summed E-state index contributed by atoms with van der Waals surface area (Å²) < 4.78 is 0. The van der Waals surface area contributed by atoms with E-state index in [-0.39, 0.29) is 5.91 Å². The first kappa shape index (κ1) is 12.9. The molecule has 0 aliphatic carbocycles. The van der Waals surface area contributed by atoms with Gasteiger partial charge in [-0.25, -0.2) is 4.98 Å². The van der Waals surface area contributed by atoms with Gasteiger partial charge in [0.15, 0.2) is 0 Å². The first-order valence-electron chi connectivity index (χ1n) is 4.96. The molecule has 1 atom stereocenters. The van der Waals surface area contributed by atoms with Crippen LogP contribution in [0.25, 0.3) is 0 Å². The zero-order chi connectivity index (χ0) is 12.0. The van der Waals surface area contributed by atoms with Crippen LogP contribution in [0.5, 0.6) is 0 Å². The van der Waals surface area contributed by atoms with Crippen molar-refractivity contribution in [1.29, 1.82) is 0 Å². The number of likely N-dealkylation sites (N-methyl/N-ethyl adjacent to an activating group) is 1. The second-order valence-electron chi connectivity index (χ2n) is 3.59. The lowest BCUT2D eigenvalue weighted by molar-refractivity contribution is -0.123. The normalized spacial score (nSPS) is 14.4. The van der Waals surface area contributed by atoms with Gasteiger partial charge < -0.3 is 11.1 Å². The number of aromatic nitrogens is 2. The highest BCUT2D eigenvalue weighted by atomic mass is 32.2. The molecule has 0 fully saturated rings. The number of primary amides is 1. The van der Waals surface area contributed by atoms with Crippen molar-refractivity contribution in [2.45, 2.75) is 23.9 Å². The second-order valence-corrected chi connectivity index (χ2v) is 4.70. The molecule has 0 spiro atoms. The van der Waals surface area contributed by atoms with E-state index in [2.05, 4.69) is 15.3 Å². The smallest absolute Gasteiger partial charge is 0.237 e. The average Bonchev–Trinajstić information content (AvgIpc) is 2.30. The van der Waals surface area contributed by atoms with Crippen molar-refractivity contribution in [3.05, 3.63) is 18.6 Å². The summed E-state index contributed by atoms with van der Waals surface area (Å²) in [5.74, 6) is 0.425. The van der Waals surface area contributed by atoms with Crippen LogP contribution in [0.1, 0.15) is 13.3 Å². The summed E-state index contributed by atoms with van der Waals surface area (Å²) in [6, 6.07) is 0. The Balaban J connectivity index is 2.43. The van der Waals surface area contributed by atoms with E-state index in [1.54, 1.807) is 44.3 Å². The fourth-order valence-corrected chi connectivity index (χ4v) is 2.08. The molecule has 0 aliphatic rings. The van der Waals surface area contributed by atoms with E-state index in [0.717, 1.165) is 10.8 Å². The molecule has 6 heteroatoms. The van der Waals surface area contributed by atoms with Crippen LogP contribution < -0.4 is 11.1 Å². The van der Waals surface area contributed by atoms with Gasteiger partial charge in [-0.2, -0.15) is 0 Å². The van der Waals surface area contributed by atoms with Crippen LogP contribution in [0, 0.1) is 0 Å². The number of carbonyl (C=O) groups excluding carboxylic acids is 1. The number of carbonyl (C=O) groups is 1. The van der Waals surface area contributed by atoms with E-state index in [0.29, 0.717) is 6.42 Å². The minimum absolute atomic E-state index is 0.338. The van der Waals surface area contributed by atoms with Gasteiger partial charge in [0.25, 0.3) is 0 Å². The molecule has 0 saturated heterocycles. The largest absolute Gasteiger partial charge is 0.368 e. The quantitative estimate of drug-likeness (QED) is 0.704. The van der Waals surface area contributed by atoms with E-state index in [9.17, 15) is 4.79 Å². The van der Waals surface area contributed by atoms with Crippen molar-refractivity contribution in [3.63, 3.8) is 0 Å². The summed E-state index contributed by atoms with van der Waals surface area (Å²) >= 11 is 1.56. The Labute approximate surface area is 99.2 Å². The number of thioether (sulfide) groups is 1. The Bertz CT molecular complexity index is 346. The fourth-order valence-electron chi connectivity index (χ4n) is 1.09. The molecule has 1 amide bonds. The van der Waals surface area contributed by atoms with Gasteiger partial charge in [-0.05, 0) is 20.4 Å². The maximum absolute atomic E-state index is 11.2. The third kappa shape index (κ3) is 3.46. The summed E-state index contributed by atoms with van der Waals surface area (Å²) in [6.45, 7) is 1.80. The van der Waals surface area contributed by atoms with Crippen LogP contribution in [0.4, 0.5) is 0 Å². The Morgan fingerprint density at radius 3 is 2.88 bits per heavy atom. The van der Waals surface area contributed by atoms with E-state index in [1.165, 1.54) is 0 Å². The highest BCUT2D eigenvalue weighted by Gasteiger charge is 2.28. The van der Waals surface area contributed by atoms with Crippen LogP contribution in [0.15, 0.2) is 23.6 Å². The SMILES string of the molecule is CNC(C)(CCSc1cnccn1)C(N)=O. The zero-order valence-corrected chi connectivity index (χ0v) is 10.3. The van der Waals surface area contributed by atoms with Crippen LogP contribution >= 0.6 is 11.8 Å². The molecule has 0 radical (unpaired) electrons. The lowest BCUT2D eigenvalue weighted by Crippen LogP contribution is -2.51. The molecule has 5 nitrogen and oxygen atoms in total. The molecular formula is C10H16N4OS. The molecule has 0 aromatic carbocycles. The van der Waals surface area contributed by atoms with E-state index in [1.807, 2.05) is 0 Å². The van der Waals surface area contributed by atoms with Gasteiger partial charge in [0, 0.05) is 18.1 Å². The van der Waals surface area contributed by atoms with Gasteiger partial charge in [-0.15, -0.1) is 11.8 Å². The Hall–Kier alpha value is -1.14. The van der Waals surface area contributed by atoms with Gasteiger partial charge >= 0.3 is 0 Å². The molecule has 88 valence electrons. The second kappa shape index (κ2) is 5.81. The summed E-state index contributed by atoms with van der Waals surface area (Å²) in [7, 11) is 1.73. The Morgan fingerprint density at radius 2 is 2.38 bits per heavy atom. The third-order valence-corrected chi connectivity index (χ3v) is 3.40. The van der Waals surface area contributed by atoms with Crippen molar-refractivity contribution in [1.82, 2.24) is 15.3 Å². The third-order valence-electron chi connectivity index (χ3n) is 2.49. The number of nitrogens with two attached hydrogens (primary N) is 1. The molecule has 3 N–H and O–H groups in total. The molecule has 16 heavy (non-hydrogen) atoms. The highest BCUT2D eigenvalue weighted by Crippen LogP contribution is 2.18.